The lowest BCUT2D eigenvalue weighted by Crippen LogP contribution is -2.43. The molecule has 0 saturated heterocycles. The first kappa shape index (κ1) is 16.0. The van der Waals surface area contributed by atoms with Crippen molar-refractivity contribution < 1.29 is 14.6 Å². The van der Waals surface area contributed by atoms with Gasteiger partial charge < -0.3 is 14.7 Å². The average Bonchev–Trinajstić information content (AvgIpc) is 2.34. The van der Waals surface area contributed by atoms with Crippen molar-refractivity contribution in [3.8, 4) is 5.75 Å². The Morgan fingerprint density at radius 3 is 2.37 bits per heavy atom. The number of carbonyl (C=O) groups is 1. The molecule has 1 aromatic rings. The first-order chi connectivity index (χ1) is 8.90. The highest BCUT2D eigenvalue weighted by atomic mass is 79.9. The van der Waals surface area contributed by atoms with E-state index in [1.54, 1.807) is 24.0 Å². The van der Waals surface area contributed by atoms with Gasteiger partial charge in [0.05, 0.1) is 6.10 Å². The van der Waals surface area contributed by atoms with Gasteiger partial charge in [-0.1, -0.05) is 15.9 Å². The molecule has 0 aliphatic heterocycles. The lowest BCUT2D eigenvalue weighted by atomic mass is 10.2. The van der Waals surface area contributed by atoms with Gasteiger partial charge in [0.1, 0.15) is 5.75 Å². The zero-order valence-corrected chi connectivity index (χ0v) is 13.1. The molecule has 0 saturated carbocycles. The third kappa shape index (κ3) is 5.61. The third-order valence-corrected chi connectivity index (χ3v) is 3.11. The first-order valence-corrected chi connectivity index (χ1v) is 7.05. The molecule has 5 heteroatoms. The van der Waals surface area contributed by atoms with E-state index < -0.39 is 6.10 Å². The van der Waals surface area contributed by atoms with Crippen molar-refractivity contribution in [1.82, 2.24) is 4.90 Å². The average molecular weight is 330 g/mol. The largest absolute Gasteiger partial charge is 0.484 e. The van der Waals surface area contributed by atoms with Crippen LogP contribution in [0.3, 0.4) is 0 Å². The van der Waals surface area contributed by atoms with Crippen LogP contribution in [0, 0.1) is 0 Å². The van der Waals surface area contributed by atoms with E-state index >= 15 is 0 Å². The number of nitrogens with zero attached hydrogens (tertiary/aromatic N) is 1. The minimum absolute atomic E-state index is 0.0213. The molecule has 1 atom stereocenters. The fraction of sp³-hybridized carbons (Fsp3) is 0.500. The van der Waals surface area contributed by atoms with E-state index in [0.717, 1.165) is 4.47 Å². The normalized spacial score (nSPS) is 12.3. The van der Waals surface area contributed by atoms with E-state index in [1.165, 1.54) is 0 Å². The van der Waals surface area contributed by atoms with Gasteiger partial charge >= 0.3 is 0 Å². The van der Waals surface area contributed by atoms with Crippen molar-refractivity contribution in [2.75, 3.05) is 13.2 Å². The number of aliphatic hydroxyl groups is 1. The second-order valence-corrected chi connectivity index (χ2v) is 5.65. The van der Waals surface area contributed by atoms with Gasteiger partial charge in [-0.2, -0.15) is 0 Å². The highest BCUT2D eigenvalue weighted by Crippen LogP contribution is 2.16. The Bertz CT molecular complexity index is 404. The van der Waals surface area contributed by atoms with Crippen LogP contribution in [0.2, 0.25) is 0 Å². The van der Waals surface area contributed by atoms with E-state index in [2.05, 4.69) is 15.9 Å². The molecule has 1 amide bonds. The van der Waals surface area contributed by atoms with E-state index in [4.69, 9.17) is 4.74 Å². The summed E-state index contributed by atoms with van der Waals surface area (Å²) in [6.07, 6.45) is -0.543. The Morgan fingerprint density at radius 1 is 1.32 bits per heavy atom. The second kappa shape index (κ2) is 7.50. The SMILES string of the molecule is CC(O)CN(C(=O)COc1ccc(Br)cc1)C(C)C. The highest BCUT2D eigenvalue weighted by Gasteiger charge is 2.19. The lowest BCUT2D eigenvalue weighted by molar-refractivity contribution is -0.136. The molecular formula is C14H20BrNO3. The van der Waals surface area contributed by atoms with E-state index in [-0.39, 0.29) is 18.6 Å². The molecule has 0 aliphatic rings. The molecule has 0 radical (unpaired) electrons. The van der Waals surface area contributed by atoms with Gasteiger partial charge in [0.25, 0.3) is 5.91 Å². The summed E-state index contributed by atoms with van der Waals surface area (Å²) in [5.41, 5.74) is 0. The molecule has 19 heavy (non-hydrogen) atoms. The van der Waals surface area contributed by atoms with Crippen molar-refractivity contribution >= 4 is 21.8 Å². The zero-order chi connectivity index (χ0) is 14.4. The number of benzene rings is 1. The molecule has 1 N–H and O–H groups in total. The maximum atomic E-state index is 12.0. The number of rotatable bonds is 6. The molecule has 1 aromatic carbocycles. The molecule has 0 bridgehead atoms. The molecule has 0 heterocycles. The number of carbonyl (C=O) groups excluding carboxylic acids is 1. The summed E-state index contributed by atoms with van der Waals surface area (Å²) >= 11 is 3.34. The van der Waals surface area contributed by atoms with Crippen molar-refractivity contribution in [3.63, 3.8) is 0 Å². The van der Waals surface area contributed by atoms with Crippen LogP contribution in [0.5, 0.6) is 5.75 Å². The van der Waals surface area contributed by atoms with Gasteiger partial charge in [0.15, 0.2) is 6.61 Å². The molecule has 0 aliphatic carbocycles. The fourth-order valence-corrected chi connectivity index (χ4v) is 1.91. The molecule has 0 aromatic heterocycles. The number of aliphatic hydroxyl groups excluding tert-OH is 1. The quantitative estimate of drug-likeness (QED) is 0.872. The third-order valence-electron chi connectivity index (χ3n) is 2.58. The van der Waals surface area contributed by atoms with Gasteiger partial charge in [-0.25, -0.2) is 0 Å². The van der Waals surface area contributed by atoms with Crippen LogP contribution in [0.1, 0.15) is 20.8 Å². The van der Waals surface area contributed by atoms with E-state index in [9.17, 15) is 9.90 Å². The number of hydrogen-bond acceptors (Lipinski definition) is 3. The Kier molecular flexibility index (Phi) is 6.31. The van der Waals surface area contributed by atoms with Crippen LogP contribution in [0.4, 0.5) is 0 Å². The zero-order valence-electron chi connectivity index (χ0n) is 11.5. The minimum atomic E-state index is -0.543. The van der Waals surface area contributed by atoms with Crippen LogP contribution in [0.25, 0.3) is 0 Å². The molecule has 1 rings (SSSR count). The molecular weight excluding hydrogens is 310 g/mol. The highest BCUT2D eigenvalue weighted by molar-refractivity contribution is 9.10. The van der Waals surface area contributed by atoms with Gasteiger partial charge in [0, 0.05) is 17.1 Å². The molecule has 4 nitrogen and oxygen atoms in total. The predicted molar refractivity (Wildman–Crippen MR) is 78.2 cm³/mol. The van der Waals surface area contributed by atoms with Crippen LogP contribution in [0.15, 0.2) is 28.7 Å². The van der Waals surface area contributed by atoms with E-state index in [1.807, 2.05) is 26.0 Å². The second-order valence-electron chi connectivity index (χ2n) is 4.73. The maximum absolute atomic E-state index is 12.0. The van der Waals surface area contributed by atoms with Crippen LogP contribution in [-0.4, -0.2) is 41.2 Å². The molecule has 106 valence electrons. The monoisotopic (exact) mass is 329 g/mol. The fourth-order valence-electron chi connectivity index (χ4n) is 1.64. The summed E-state index contributed by atoms with van der Waals surface area (Å²) in [6, 6.07) is 7.35. The lowest BCUT2D eigenvalue weighted by Gasteiger charge is -2.27. The summed E-state index contributed by atoms with van der Waals surface area (Å²) in [7, 11) is 0. The van der Waals surface area contributed by atoms with Crippen molar-refractivity contribution in [2.24, 2.45) is 0 Å². The first-order valence-electron chi connectivity index (χ1n) is 6.26. The topological polar surface area (TPSA) is 49.8 Å². The summed E-state index contributed by atoms with van der Waals surface area (Å²) in [5, 5.41) is 9.40. The van der Waals surface area contributed by atoms with Gasteiger partial charge in [0.2, 0.25) is 0 Å². The van der Waals surface area contributed by atoms with Crippen molar-refractivity contribution in [2.45, 2.75) is 32.9 Å². The van der Waals surface area contributed by atoms with Gasteiger partial charge in [-0.05, 0) is 45.0 Å². The van der Waals surface area contributed by atoms with Crippen LogP contribution >= 0.6 is 15.9 Å². The van der Waals surface area contributed by atoms with Gasteiger partial charge in [-0.3, -0.25) is 4.79 Å². The van der Waals surface area contributed by atoms with Crippen LogP contribution < -0.4 is 4.74 Å². The van der Waals surface area contributed by atoms with E-state index in [0.29, 0.717) is 12.3 Å². The number of halogens is 1. The Hall–Kier alpha value is -1.07. The summed E-state index contributed by atoms with van der Waals surface area (Å²) in [5.74, 6) is 0.524. The van der Waals surface area contributed by atoms with Crippen molar-refractivity contribution in [3.05, 3.63) is 28.7 Å². The predicted octanol–water partition coefficient (Wildman–Crippen LogP) is 2.45. The molecule has 0 spiro atoms. The number of hydrogen-bond donors (Lipinski definition) is 1. The molecule has 1 unspecified atom stereocenters. The summed E-state index contributed by atoms with van der Waals surface area (Å²) in [6.45, 7) is 5.80. The standard InChI is InChI=1S/C14H20BrNO3/c1-10(2)16(8-11(3)17)14(18)9-19-13-6-4-12(15)5-7-13/h4-7,10-11,17H,8-9H2,1-3H3. The Balaban J connectivity index is 2.54. The molecule has 0 fully saturated rings. The maximum Gasteiger partial charge on any atom is 0.260 e. The smallest absolute Gasteiger partial charge is 0.260 e. The summed E-state index contributed by atoms with van der Waals surface area (Å²) in [4.78, 5) is 13.7. The number of amides is 1. The van der Waals surface area contributed by atoms with Crippen molar-refractivity contribution in [1.29, 1.82) is 0 Å². The number of ether oxygens (including phenoxy) is 1. The Morgan fingerprint density at radius 2 is 1.89 bits per heavy atom. The van der Waals surface area contributed by atoms with Crippen LogP contribution in [-0.2, 0) is 4.79 Å². The van der Waals surface area contributed by atoms with Gasteiger partial charge in [-0.15, -0.1) is 0 Å². The summed E-state index contributed by atoms with van der Waals surface area (Å²) < 4.78 is 6.40. The Labute approximate surface area is 122 Å². The minimum Gasteiger partial charge on any atom is -0.484 e.